The van der Waals surface area contributed by atoms with Gasteiger partial charge in [-0.15, -0.1) is 0 Å². The number of aliphatic imine (C=N–C) groups is 1. The average Bonchev–Trinajstić information content (AvgIpc) is 3.27. The normalized spacial score (nSPS) is 18.7. The fourth-order valence-electron chi connectivity index (χ4n) is 7.89. The first kappa shape index (κ1) is 34.9. The third-order valence-electron chi connectivity index (χ3n) is 10.9. The van der Waals surface area contributed by atoms with Gasteiger partial charge >= 0.3 is 0 Å². The molecule has 0 unspecified atom stereocenters. The lowest BCUT2D eigenvalue weighted by Gasteiger charge is -2.38. The van der Waals surface area contributed by atoms with E-state index in [1.54, 1.807) is 24.4 Å². The second-order valence-electron chi connectivity index (χ2n) is 14.4. The highest BCUT2D eigenvalue weighted by atomic mass is 35.5. The summed E-state index contributed by atoms with van der Waals surface area (Å²) in [5, 5.41) is 9.59. The van der Waals surface area contributed by atoms with Gasteiger partial charge in [0.2, 0.25) is 0 Å². The molecule has 0 atom stereocenters. The molecule has 254 valence electrons. The number of hydrogen-bond donors (Lipinski definition) is 1. The minimum Gasteiger partial charge on any atom is -0.298 e. The van der Waals surface area contributed by atoms with Crippen LogP contribution in [0.25, 0.3) is 11.1 Å². The quantitative estimate of drug-likeness (QED) is 0.120. The fourth-order valence-corrected chi connectivity index (χ4v) is 8.06. The lowest BCUT2D eigenvalue weighted by molar-refractivity contribution is 0.0801. The molecular formula is C43H47ClFN3O. The molecule has 1 N–H and O–H groups in total. The van der Waals surface area contributed by atoms with E-state index in [4.69, 9.17) is 22.0 Å². The van der Waals surface area contributed by atoms with Crippen molar-refractivity contribution in [3.05, 3.63) is 123 Å². The molecule has 49 heavy (non-hydrogen) atoms. The van der Waals surface area contributed by atoms with E-state index in [2.05, 4.69) is 25.8 Å². The van der Waals surface area contributed by atoms with Crippen LogP contribution in [-0.2, 0) is 6.54 Å². The Balaban J connectivity index is 1.15. The molecule has 0 spiro atoms. The number of benzene rings is 3. The van der Waals surface area contributed by atoms with E-state index in [-0.39, 0.29) is 23.2 Å². The zero-order valence-corrected chi connectivity index (χ0v) is 29.8. The number of hydrogen-bond acceptors (Lipinski definition) is 4. The van der Waals surface area contributed by atoms with Crippen LogP contribution in [0, 0.1) is 28.5 Å². The summed E-state index contributed by atoms with van der Waals surface area (Å²) in [4.78, 5) is 23.0. The van der Waals surface area contributed by atoms with Crippen LogP contribution >= 0.6 is 11.6 Å². The largest absolute Gasteiger partial charge is 0.298 e. The predicted molar refractivity (Wildman–Crippen MR) is 200 cm³/mol. The van der Waals surface area contributed by atoms with Crippen LogP contribution in [0.5, 0.6) is 0 Å². The number of halogens is 2. The molecule has 1 aliphatic carbocycles. The molecule has 0 bridgehead atoms. The van der Waals surface area contributed by atoms with Crippen molar-refractivity contribution in [3.63, 3.8) is 0 Å². The van der Waals surface area contributed by atoms with Crippen molar-refractivity contribution in [1.82, 2.24) is 4.98 Å². The molecule has 6 heteroatoms. The number of aromatic nitrogens is 1. The van der Waals surface area contributed by atoms with Crippen LogP contribution < -0.4 is 0 Å². The highest BCUT2D eigenvalue weighted by Crippen LogP contribution is 2.44. The van der Waals surface area contributed by atoms with Gasteiger partial charge in [-0.25, -0.2) is 4.39 Å². The summed E-state index contributed by atoms with van der Waals surface area (Å²) in [5.74, 6) is 0.781. The van der Waals surface area contributed by atoms with Gasteiger partial charge in [0, 0.05) is 39.4 Å². The minimum atomic E-state index is -0.346. The highest BCUT2D eigenvalue weighted by Gasteiger charge is 2.34. The average molecular weight is 676 g/mol. The maximum absolute atomic E-state index is 14.9. The third kappa shape index (κ3) is 7.78. The predicted octanol–water partition coefficient (Wildman–Crippen LogP) is 11.7. The Bertz CT molecular complexity index is 1850. The van der Waals surface area contributed by atoms with Gasteiger partial charge in [0.15, 0.2) is 5.78 Å². The van der Waals surface area contributed by atoms with Gasteiger partial charge in [-0.1, -0.05) is 101 Å². The van der Waals surface area contributed by atoms with Crippen LogP contribution in [0.15, 0.2) is 84.0 Å². The molecular weight excluding hydrogens is 629 g/mol. The maximum atomic E-state index is 14.9. The smallest absolute Gasteiger partial charge is 0.165 e. The Morgan fingerprint density at radius 1 is 0.898 bits per heavy atom. The van der Waals surface area contributed by atoms with E-state index < -0.39 is 0 Å². The summed E-state index contributed by atoms with van der Waals surface area (Å²) in [5.41, 5.74) is 6.88. The maximum Gasteiger partial charge on any atom is 0.165 e. The number of fused-ring (bicyclic) bond motifs is 3. The van der Waals surface area contributed by atoms with E-state index >= 15 is 0 Å². The van der Waals surface area contributed by atoms with E-state index in [1.807, 2.05) is 48.5 Å². The van der Waals surface area contributed by atoms with Gasteiger partial charge in [0.25, 0.3) is 0 Å². The fraction of sp³-hybridized carbons (Fsp3) is 0.395. The van der Waals surface area contributed by atoms with Crippen LogP contribution in [0.2, 0.25) is 5.02 Å². The number of nitrogens with one attached hydrogen (secondary N) is 1. The molecule has 1 fully saturated rings. The number of pyridine rings is 1. The standard InChI is InChI=1S/C43H47ClFN3O/c1-4-8-28(9-5-2)18-21-43(3)22-19-31(20-23-43)42(49)30-14-12-29(13-15-30)40(46)39-25-36-32(26-47-39)27-48-41(35-10-6-7-11-38(35)45)37-24-33(44)16-17-34(36)37/h6-7,10-17,24-26,28,31,46H,4-5,8-9,18-23,27H2,1-3H3. The monoisotopic (exact) mass is 675 g/mol. The van der Waals surface area contributed by atoms with Gasteiger partial charge in [0.05, 0.1) is 23.7 Å². The molecule has 4 nitrogen and oxygen atoms in total. The number of rotatable bonds is 12. The van der Waals surface area contributed by atoms with Crippen molar-refractivity contribution < 1.29 is 9.18 Å². The van der Waals surface area contributed by atoms with E-state index in [1.165, 1.54) is 44.6 Å². The van der Waals surface area contributed by atoms with Crippen molar-refractivity contribution in [1.29, 1.82) is 5.41 Å². The zero-order chi connectivity index (χ0) is 34.5. The lowest BCUT2D eigenvalue weighted by Crippen LogP contribution is -2.29. The van der Waals surface area contributed by atoms with Crippen LogP contribution in [0.3, 0.4) is 0 Å². The first-order valence-electron chi connectivity index (χ1n) is 18.0. The Hall–Kier alpha value is -3.96. The van der Waals surface area contributed by atoms with Gasteiger partial charge in [-0.2, -0.15) is 0 Å². The topological polar surface area (TPSA) is 66.2 Å². The number of nitrogens with zero attached hydrogens (tertiary/aromatic N) is 2. The van der Waals surface area contributed by atoms with Gasteiger partial charge in [-0.3, -0.25) is 20.2 Å². The molecule has 2 heterocycles. The van der Waals surface area contributed by atoms with E-state index in [0.717, 1.165) is 59.4 Å². The van der Waals surface area contributed by atoms with E-state index in [0.29, 0.717) is 39.5 Å². The Labute approximate surface area is 295 Å². The van der Waals surface area contributed by atoms with Crippen molar-refractivity contribution >= 4 is 28.8 Å². The van der Waals surface area contributed by atoms with Crippen LogP contribution in [-0.4, -0.2) is 22.2 Å². The van der Waals surface area contributed by atoms with Crippen molar-refractivity contribution in [2.75, 3.05) is 0 Å². The first-order chi connectivity index (χ1) is 23.7. The van der Waals surface area contributed by atoms with Gasteiger partial charge in [-0.05, 0) is 96.9 Å². The second-order valence-corrected chi connectivity index (χ2v) is 14.9. The Kier molecular flexibility index (Phi) is 10.9. The minimum absolute atomic E-state index is 0.0664. The Morgan fingerprint density at radius 3 is 2.29 bits per heavy atom. The zero-order valence-electron chi connectivity index (χ0n) is 29.0. The molecule has 2 aliphatic rings. The molecule has 3 aromatic carbocycles. The SMILES string of the molecule is CCCC(CCC)CCC1(C)CCC(C(=O)c2ccc(C(=N)c3cc4c(cn3)CN=C(c3ccccc3F)c3cc(Cl)ccc3-4)cc2)CC1. The molecule has 4 aromatic rings. The molecule has 1 aliphatic heterocycles. The highest BCUT2D eigenvalue weighted by molar-refractivity contribution is 6.31. The molecule has 6 rings (SSSR count). The number of Topliss-reactive ketones (excluding diaryl/α,β-unsaturated/α-hetero) is 1. The van der Waals surface area contributed by atoms with Crippen molar-refractivity contribution in [2.24, 2.45) is 22.2 Å². The summed E-state index contributed by atoms with van der Waals surface area (Å²) < 4.78 is 14.9. The van der Waals surface area contributed by atoms with Crippen molar-refractivity contribution in [2.45, 2.75) is 91.5 Å². The van der Waals surface area contributed by atoms with Gasteiger partial charge < -0.3 is 0 Å². The molecule has 1 aromatic heterocycles. The molecule has 0 radical (unpaired) electrons. The van der Waals surface area contributed by atoms with Crippen LogP contribution in [0.4, 0.5) is 4.39 Å². The summed E-state index contributed by atoms with van der Waals surface area (Å²) in [6.45, 7) is 7.34. The summed E-state index contributed by atoms with van der Waals surface area (Å²) >= 11 is 6.43. The summed E-state index contributed by atoms with van der Waals surface area (Å²) in [7, 11) is 0. The second kappa shape index (κ2) is 15.3. The van der Waals surface area contributed by atoms with Crippen molar-refractivity contribution in [3.8, 4) is 11.1 Å². The number of carbonyl (C=O) groups is 1. The number of ketones is 1. The molecule has 0 amide bonds. The first-order valence-corrected chi connectivity index (χ1v) is 18.4. The molecule has 0 saturated heterocycles. The summed E-state index contributed by atoms with van der Waals surface area (Å²) in [6.07, 6.45) is 13.7. The molecule has 1 saturated carbocycles. The third-order valence-corrected chi connectivity index (χ3v) is 11.1. The summed E-state index contributed by atoms with van der Waals surface area (Å²) in [6, 6.07) is 21.6. The Morgan fingerprint density at radius 2 is 1.59 bits per heavy atom. The van der Waals surface area contributed by atoms with Crippen LogP contribution in [0.1, 0.15) is 123 Å². The van der Waals surface area contributed by atoms with Gasteiger partial charge in [0.1, 0.15) is 5.82 Å². The number of carbonyl (C=O) groups excluding carboxylic acids is 1. The lowest BCUT2D eigenvalue weighted by atomic mass is 9.67. The van der Waals surface area contributed by atoms with E-state index in [9.17, 15) is 9.18 Å².